The normalized spacial score (nSPS) is 11.0. The summed E-state index contributed by atoms with van der Waals surface area (Å²) >= 11 is 0. The molecule has 1 aromatic carbocycles. The molecule has 0 aromatic heterocycles. The molecule has 0 aliphatic carbocycles. The monoisotopic (exact) mass is 333 g/mol. The van der Waals surface area contributed by atoms with Crippen LogP contribution in [0.15, 0.2) is 12.1 Å². The van der Waals surface area contributed by atoms with Gasteiger partial charge < -0.3 is 10.6 Å². The van der Waals surface area contributed by atoms with E-state index in [2.05, 4.69) is 36.6 Å². The van der Waals surface area contributed by atoms with Crippen LogP contribution >= 0.6 is 0 Å². The Balaban J connectivity index is 2.46. The first-order valence-electron chi connectivity index (χ1n) is 8.52. The predicted octanol–water partition coefficient (Wildman–Crippen LogP) is 2.64. The smallest absolute Gasteiger partial charge is 0.238 e. The lowest BCUT2D eigenvalue weighted by molar-refractivity contribution is -0.123. The molecule has 134 valence electrons. The van der Waals surface area contributed by atoms with Crippen LogP contribution in [0.2, 0.25) is 0 Å². The third kappa shape index (κ3) is 7.13. The van der Waals surface area contributed by atoms with Crippen LogP contribution in [0, 0.1) is 26.7 Å². The molecular formula is C19H31N3O2. The van der Waals surface area contributed by atoms with Crippen molar-refractivity contribution < 1.29 is 9.59 Å². The van der Waals surface area contributed by atoms with Gasteiger partial charge in [-0.15, -0.1) is 0 Å². The van der Waals surface area contributed by atoms with E-state index in [1.54, 1.807) is 11.9 Å². The van der Waals surface area contributed by atoms with Crippen molar-refractivity contribution in [3.05, 3.63) is 28.8 Å². The number of anilines is 1. The van der Waals surface area contributed by atoms with Crippen molar-refractivity contribution in [2.75, 3.05) is 32.0 Å². The standard InChI is InChI=1S/C19H31N3O2/c1-13(2)7-8-20-17(23)11-22(6)12-18(24)21-19-15(4)9-14(3)10-16(19)5/h9-10,13H,7-8,11-12H2,1-6H3,(H,20,23)(H,21,24). The highest BCUT2D eigenvalue weighted by Gasteiger charge is 2.13. The van der Waals surface area contributed by atoms with Crippen molar-refractivity contribution in [3.63, 3.8) is 0 Å². The summed E-state index contributed by atoms with van der Waals surface area (Å²) < 4.78 is 0. The van der Waals surface area contributed by atoms with Crippen LogP contribution in [0.1, 0.15) is 37.0 Å². The number of benzene rings is 1. The Morgan fingerprint density at radius 1 is 1.04 bits per heavy atom. The Hall–Kier alpha value is -1.88. The highest BCUT2D eigenvalue weighted by Crippen LogP contribution is 2.21. The van der Waals surface area contributed by atoms with E-state index >= 15 is 0 Å². The van der Waals surface area contributed by atoms with E-state index in [1.807, 2.05) is 20.8 Å². The van der Waals surface area contributed by atoms with Crippen LogP contribution in [-0.2, 0) is 9.59 Å². The summed E-state index contributed by atoms with van der Waals surface area (Å²) in [6.45, 7) is 11.3. The maximum atomic E-state index is 12.2. The van der Waals surface area contributed by atoms with Gasteiger partial charge in [0.15, 0.2) is 0 Å². The van der Waals surface area contributed by atoms with Crippen molar-refractivity contribution in [1.82, 2.24) is 10.2 Å². The van der Waals surface area contributed by atoms with Gasteiger partial charge in [0.25, 0.3) is 0 Å². The zero-order valence-corrected chi connectivity index (χ0v) is 15.8. The summed E-state index contributed by atoms with van der Waals surface area (Å²) in [5.74, 6) is 0.408. The van der Waals surface area contributed by atoms with Gasteiger partial charge >= 0.3 is 0 Å². The number of amides is 2. The first-order valence-corrected chi connectivity index (χ1v) is 8.52. The molecule has 0 saturated heterocycles. The fourth-order valence-corrected chi connectivity index (χ4v) is 2.66. The van der Waals surface area contributed by atoms with Gasteiger partial charge in [-0.25, -0.2) is 0 Å². The summed E-state index contributed by atoms with van der Waals surface area (Å²) in [5, 5.41) is 5.84. The highest BCUT2D eigenvalue weighted by atomic mass is 16.2. The number of rotatable bonds is 8. The van der Waals surface area contributed by atoms with Gasteiger partial charge in [-0.2, -0.15) is 0 Å². The van der Waals surface area contributed by atoms with E-state index in [1.165, 1.54) is 5.56 Å². The van der Waals surface area contributed by atoms with Crippen LogP contribution in [0.5, 0.6) is 0 Å². The molecule has 0 aliphatic rings. The summed E-state index contributed by atoms with van der Waals surface area (Å²) in [6.07, 6.45) is 0.960. The van der Waals surface area contributed by atoms with Crippen molar-refractivity contribution >= 4 is 17.5 Å². The van der Waals surface area contributed by atoms with Crippen LogP contribution in [0.3, 0.4) is 0 Å². The van der Waals surface area contributed by atoms with E-state index in [4.69, 9.17) is 0 Å². The first kappa shape index (κ1) is 20.2. The van der Waals surface area contributed by atoms with Gasteiger partial charge in [-0.05, 0) is 51.3 Å². The largest absolute Gasteiger partial charge is 0.355 e. The first-order chi connectivity index (χ1) is 11.2. The molecule has 0 fully saturated rings. The van der Waals surface area contributed by atoms with Crippen molar-refractivity contribution in [2.24, 2.45) is 5.92 Å². The van der Waals surface area contributed by atoms with Crippen LogP contribution in [0.25, 0.3) is 0 Å². The molecule has 0 heterocycles. The second-order valence-corrected chi connectivity index (χ2v) is 7.03. The lowest BCUT2D eigenvalue weighted by Crippen LogP contribution is -2.39. The van der Waals surface area contributed by atoms with Crippen molar-refractivity contribution in [2.45, 2.75) is 41.0 Å². The SMILES string of the molecule is Cc1cc(C)c(NC(=O)CN(C)CC(=O)NCCC(C)C)c(C)c1. The number of hydrogen-bond acceptors (Lipinski definition) is 3. The van der Waals surface area contributed by atoms with E-state index in [0.717, 1.165) is 23.2 Å². The fourth-order valence-electron chi connectivity index (χ4n) is 2.66. The van der Waals surface area contributed by atoms with Gasteiger partial charge in [-0.3, -0.25) is 14.5 Å². The topological polar surface area (TPSA) is 61.4 Å². The lowest BCUT2D eigenvalue weighted by Gasteiger charge is -2.18. The summed E-state index contributed by atoms with van der Waals surface area (Å²) in [4.78, 5) is 25.8. The molecule has 1 rings (SSSR count). The molecule has 0 unspecified atom stereocenters. The van der Waals surface area contributed by atoms with Gasteiger partial charge in [0.1, 0.15) is 0 Å². The molecule has 2 amide bonds. The molecule has 0 atom stereocenters. The molecule has 0 spiro atoms. The molecule has 2 N–H and O–H groups in total. The molecule has 5 nitrogen and oxygen atoms in total. The van der Waals surface area contributed by atoms with E-state index in [-0.39, 0.29) is 24.9 Å². The zero-order valence-electron chi connectivity index (χ0n) is 15.8. The molecule has 0 saturated carbocycles. The minimum absolute atomic E-state index is 0.0475. The second kappa shape index (κ2) is 9.42. The number of hydrogen-bond donors (Lipinski definition) is 2. The molecule has 0 bridgehead atoms. The number of nitrogens with one attached hydrogen (secondary N) is 2. The van der Waals surface area contributed by atoms with E-state index in [9.17, 15) is 9.59 Å². The number of carbonyl (C=O) groups excluding carboxylic acids is 2. The van der Waals surface area contributed by atoms with Crippen LogP contribution in [0.4, 0.5) is 5.69 Å². The maximum absolute atomic E-state index is 12.2. The average molecular weight is 333 g/mol. The Morgan fingerprint density at radius 3 is 2.12 bits per heavy atom. The van der Waals surface area contributed by atoms with Crippen molar-refractivity contribution in [3.8, 4) is 0 Å². The number of nitrogens with zero attached hydrogens (tertiary/aromatic N) is 1. The Morgan fingerprint density at radius 2 is 1.58 bits per heavy atom. The van der Waals surface area contributed by atoms with Crippen LogP contribution < -0.4 is 10.6 Å². The van der Waals surface area contributed by atoms with Crippen LogP contribution in [-0.4, -0.2) is 43.4 Å². The molecular weight excluding hydrogens is 302 g/mol. The minimum Gasteiger partial charge on any atom is -0.355 e. The number of likely N-dealkylation sites (N-methyl/N-ethyl adjacent to an activating group) is 1. The molecule has 5 heteroatoms. The summed E-state index contributed by atoms with van der Waals surface area (Å²) in [5.41, 5.74) is 4.14. The Kier molecular flexibility index (Phi) is 7.92. The number of aryl methyl sites for hydroxylation is 3. The minimum atomic E-state index is -0.109. The quantitative estimate of drug-likeness (QED) is 0.769. The summed E-state index contributed by atoms with van der Waals surface area (Å²) in [6, 6.07) is 4.10. The van der Waals surface area contributed by atoms with E-state index < -0.39 is 0 Å². The Labute approximate surface area is 145 Å². The van der Waals surface area contributed by atoms with Gasteiger partial charge in [0.2, 0.25) is 11.8 Å². The number of carbonyl (C=O) groups is 2. The zero-order chi connectivity index (χ0) is 18.3. The molecule has 1 aromatic rings. The Bertz CT molecular complexity index is 559. The van der Waals surface area contributed by atoms with Crippen molar-refractivity contribution in [1.29, 1.82) is 0 Å². The lowest BCUT2D eigenvalue weighted by atomic mass is 10.1. The molecule has 0 aliphatic heterocycles. The third-order valence-corrected chi connectivity index (χ3v) is 3.81. The van der Waals surface area contributed by atoms with E-state index in [0.29, 0.717) is 12.5 Å². The summed E-state index contributed by atoms with van der Waals surface area (Å²) in [7, 11) is 1.77. The highest BCUT2D eigenvalue weighted by molar-refractivity contribution is 5.94. The second-order valence-electron chi connectivity index (χ2n) is 7.03. The third-order valence-electron chi connectivity index (χ3n) is 3.81. The molecule has 24 heavy (non-hydrogen) atoms. The predicted molar refractivity (Wildman–Crippen MR) is 99.2 cm³/mol. The van der Waals surface area contributed by atoms with Gasteiger partial charge in [0.05, 0.1) is 13.1 Å². The average Bonchev–Trinajstić information content (AvgIpc) is 2.41. The molecule has 0 radical (unpaired) electrons. The van der Waals surface area contributed by atoms with Gasteiger partial charge in [0, 0.05) is 12.2 Å². The fraction of sp³-hybridized carbons (Fsp3) is 0.579. The maximum Gasteiger partial charge on any atom is 0.238 e. The van der Waals surface area contributed by atoms with Gasteiger partial charge in [-0.1, -0.05) is 31.5 Å².